The number of ether oxygens (including phenoxy) is 1. The Kier molecular flexibility index (Phi) is 7.54. The molecule has 0 bridgehead atoms. The van der Waals surface area contributed by atoms with Gasteiger partial charge in [0.15, 0.2) is 5.82 Å². The van der Waals surface area contributed by atoms with Gasteiger partial charge in [0, 0.05) is 28.0 Å². The molecule has 5 aromatic rings. The van der Waals surface area contributed by atoms with Crippen molar-refractivity contribution in [3.8, 4) is 5.75 Å². The molecule has 0 radical (unpaired) electrons. The van der Waals surface area contributed by atoms with Gasteiger partial charge in [-0.15, -0.1) is 5.10 Å². The zero-order chi connectivity index (χ0) is 27.6. The quantitative estimate of drug-likeness (QED) is 0.239. The van der Waals surface area contributed by atoms with E-state index in [9.17, 15) is 4.79 Å². The molecule has 0 unspecified atom stereocenters. The van der Waals surface area contributed by atoms with Crippen LogP contribution in [0.5, 0.6) is 5.75 Å². The number of pyridine rings is 1. The summed E-state index contributed by atoms with van der Waals surface area (Å²) in [6.45, 7) is 7.14. The molecular formula is C29H31ClN6O3. The molecule has 0 fully saturated rings. The molecule has 0 aliphatic carbocycles. The third-order valence-electron chi connectivity index (χ3n) is 7.15. The SMILES string of the molecule is CCC(C)(C)n1nnnc1[C@H](c1cc2cc(OC)ccc2[nH]c1=O)N(Cc1ccc(Cl)cc1)Cc1ccco1. The molecule has 0 saturated carbocycles. The van der Waals surface area contributed by atoms with Crippen molar-refractivity contribution >= 4 is 22.5 Å². The summed E-state index contributed by atoms with van der Waals surface area (Å²) < 4.78 is 13.0. The lowest BCUT2D eigenvalue weighted by Gasteiger charge is -2.33. The minimum atomic E-state index is -0.606. The first kappa shape index (κ1) is 26.6. The molecule has 1 atom stereocenters. The predicted octanol–water partition coefficient (Wildman–Crippen LogP) is 5.71. The van der Waals surface area contributed by atoms with E-state index in [0.717, 1.165) is 23.1 Å². The lowest BCUT2D eigenvalue weighted by molar-refractivity contribution is 0.168. The van der Waals surface area contributed by atoms with Gasteiger partial charge >= 0.3 is 0 Å². The molecule has 9 nitrogen and oxygen atoms in total. The highest BCUT2D eigenvalue weighted by molar-refractivity contribution is 6.30. The van der Waals surface area contributed by atoms with E-state index in [-0.39, 0.29) is 11.1 Å². The van der Waals surface area contributed by atoms with Crippen molar-refractivity contribution in [1.29, 1.82) is 0 Å². The van der Waals surface area contributed by atoms with Crippen LogP contribution in [0.4, 0.5) is 0 Å². The van der Waals surface area contributed by atoms with Gasteiger partial charge in [-0.2, -0.15) is 0 Å². The van der Waals surface area contributed by atoms with E-state index >= 15 is 0 Å². The van der Waals surface area contributed by atoms with Crippen molar-refractivity contribution in [2.24, 2.45) is 0 Å². The van der Waals surface area contributed by atoms with Crippen molar-refractivity contribution in [2.45, 2.75) is 51.9 Å². The highest BCUT2D eigenvalue weighted by atomic mass is 35.5. The van der Waals surface area contributed by atoms with Crippen molar-refractivity contribution in [1.82, 2.24) is 30.1 Å². The molecule has 0 amide bonds. The van der Waals surface area contributed by atoms with E-state index in [1.165, 1.54) is 0 Å². The minimum absolute atomic E-state index is 0.220. The summed E-state index contributed by atoms with van der Waals surface area (Å²) in [5.74, 6) is 2.01. The normalized spacial score (nSPS) is 12.8. The molecule has 39 heavy (non-hydrogen) atoms. The van der Waals surface area contributed by atoms with Crippen LogP contribution < -0.4 is 10.3 Å². The van der Waals surface area contributed by atoms with Crippen LogP contribution >= 0.6 is 11.6 Å². The van der Waals surface area contributed by atoms with Crippen molar-refractivity contribution in [2.75, 3.05) is 7.11 Å². The Bertz CT molecular complexity index is 1610. The van der Waals surface area contributed by atoms with Crippen molar-refractivity contribution in [3.05, 3.63) is 105 Å². The van der Waals surface area contributed by atoms with Crippen LogP contribution in [0.3, 0.4) is 0 Å². The first-order chi connectivity index (χ1) is 18.8. The number of aromatic amines is 1. The van der Waals surface area contributed by atoms with E-state index in [0.29, 0.717) is 40.8 Å². The molecule has 3 aromatic heterocycles. The molecule has 2 aromatic carbocycles. The molecule has 3 heterocycles. The largest absolute Gasteiger partial charge is 0.497 e. The Morgan fingerprint density at radius 1 is 1.13 bits per heavy atom. The first-order valence-electron chi connectivity index (χ1n) is 12.8. The summed E-state index contributed by atoms with van der Waals surface area (Å²) in [4.78, 5) is 18.9. The number of methoxy groups -OCH3 is 1. The number of hydrogen-bond donors (Lipinski definition) is 1. The van der Waals surface area contributed by atoms with Gasteiger partial charge < -0.3 is 14.1 Å². The number of fused-ring (bicyclic) bond motifs is 1. The Hall–Kier alpha value is -3.95. The second-order valence-corrected chi connectivity index (χ2v) is 10.6. The average molecular weight is 547 g/mol. The highest BCUT2D eigenvalue weighted by Gasteiger charge is 2.35. The summed E-state index contributed by atoms with van der Waals surface area (Å²) in [5, 5.41) is 14.4. The molecule has 0 aliphatic heterocycles. The average Bonchev–Trinajstić information content (AvgIpc) is 3.63. The van der Waals surface area contributed by atoms with Crippen LogP contribution in [0.1, 0.15) is 55.9 Å². The Labute approximate surface area is 231 Å². The van der Waals surface area contributed by atoms with Crippen LogP contribution in [0.2, 0.25) is 5.02 Å². The zero-order valence-corrected chi connectivity index (χ0v) is 23.1. The third-order valence-corrected chi connectivity index (χ3v) is 7.41. The van der Waals surface area contributed by atoms with Gasteiger partial charge in [-0.25, -0.2) is 4.68 Å². The number of benzene rings is 2. The molecule has 0 saturated heterocycles. The van der Waals surface area contributed by atoms with Gasteiger partial charge in [-0.1, -0.05) is 30.7 Å². The molecule has 1 N–H and O–H groups in total. The van der Waals surface area contributed by atoms with E-state index in [1.807, 2.05) is 65.3 Å². The summed E-state index contributed by atoms with van der Waals surface area (Å²) in [7, 11) is 1.62. The molecule has 10 heteroatoms. The number of aromatic nitrogens is 5. The Morgan fingerprint density at radius 3 is 2.62 bits per heavy atom. The third kappa shape index (κ3) is 5.60. The number of furan rings is 1. The number of nitrogens with zero attached hydrogens (tertiary/aromatic N) is 5. The second kappa shape index (κ2) is 11.0. The van der Waals surface area contributed by atoms with Gasteiger partial charge in [-0.3, -0.25) is 9.69 Å². The van der Waals surface area contributed by atoms with Crippen LogP contribution in [0, 0.1) is 0 Å². The smallest absolute Gasteiger partial charge is 0.253 e. The number of halogens is 1. The van der Waals surface area contributed by atoms with Crippen molar-refractivity contribution in [3.63, 3.8) is 0 Å². The summed E-state index contributed by atoms with van der Waals surface area (Å²) in [5.41, 5.74) is 1.64. The van der Waals surface area contributed by atoms with Gasteiger partial charge in [0.05, 0.1) is 25.5 Å². The fraction of sp³-hybridized carbons (Fsp3) is 0.310. The monoisotopic (exact) mass is 546 g/mol. The van der Waals surface area contributed by atoms with Crippen molar-refractivity contribution < 1.29 is 9.15 Å². The number of hydrogen-bond acceptors (Lipinski definition) is 7. The fourth-order valence-corrected chi connectivity index (χ4v) is 4.77. The van der Waals surface area contributed by atoms with Gasteiger partial charge in [-0.05, 0) is 84.8 Å². The van der Waals surface area contributed by atoms with Gasteiger partial charge in [0.1, 0.15) is 17.6 Å². The topological polar surface area (TPSA) is 102 Å². The lowest BCUT2D eigenvalue weighted by Crippen LogP contribution is -2.38. The maximum Gasteiger partial charge on any atom is 0.253 e. The van der Waals surface area contributed by atoms with Gasteiger partial charge in [0.25, 0.3) is 5.56 Å². The summed E-state index contributed by atoms with van der Waals surface area (Å²) >= 11 is 6.18. The Balaban J connectivity index is 1.73. The maximum absolute atomic E-state index is 13.7. The number of H-pyrrole nitrogens is 1. The molecule has 0 spiro atoms. The lowest BCUT2D eigenvalue weighted by atomic mass is 9.98. The summed E-state index contributed by atoms with van der Waals surface area (Å²) in [6.07, 6.45) is 2.43. The molecule has 5 rings (SSSR count). The minimum Gasteiger partial charge on any atom is -0.497 e. The zero-order valence-electron chi connectivity index (χ0n) is 22.4. The van der Waals surface area contributed by atoms with E-state index < -0.39 is 6.04 Å². The van der Waals surface area contributed by atoms with E-state index in [1.54, 1.807) is 13.4 Å². The standard InChI is InChI=1S/C29H31ClN6O3/c1-5-29(2,3)36-27(32-33-34-36)26(24-16-20-15-22(38-4)12-13-25(20)31-28(24)37)35(18-23-7-6-14-39-23)17-19-8-10-21(30)11-9-19/h6-16,26H,5,17-18H2,1-4H3,(H,31,37)/t26-/m0/s1. The fourth-order valence-electron chi connectivity index (χ4n) is 4.64. The molecule has 0 aliphatic rings. The first-order valence-corrected chi connectivity index (χ1v) is 13.2. The maximum atomic E-state index is 13.7. The van der Waals surface area contributed by atoms with E-state index in [2.05, 4.69) is 46.2 Å². The van der Waals surface area contributed by atoms with Crippen LogP contribution in [0.15, 0.2) is 76.1 Å². The van der Waals surface area contributed by atoms with Crippen LogP contribution in [0.25, 0.3) is 10.9 Å². The highest BCUT2D eigenvalue weighted by Crippen LogP contribution is 2.33. The van der Waals surface area contributed by atoms with Gasteiger partial charge in [0.2, 0.25) is 0 Å². The number of tetrazole rings is 1. The van der Waals surface area contributed by atoms with Crippen LogP contribution in [-0.2, 0) is 18.6 Å². The second-order valence-electron chi connectivity index (χ2n) is 10.1. The number of nitrogens with one attached hydrogen (secondary N) is 1. The van der Waals surface area contributed by atoms with E-state index in [4.69, 9.17) is 20.8 Å². The summed E-state index contributed by atoms with van der Waals surface area (Å²) in [6, 6.07) is 18.3. The predicted molar refractivity (Wildman–Crippen MR) is 150 cm³/mol. The Morgan fingerprint density at radius 2 is 1.92 bits per heavy atom. The molecule has 202 valence electrons. The number of rotatable bonds is 10. The molecular weight excluding hydrogens is 516 g/mol. The van der Waals surface area contributed by atoms with Crippen LogP contribution in [-0.4, -0.2) is 37.2 Å².